The largest absolute Gasteiger partial charge is 0.481 e. The molecule has 0 saturated carbocycles. The van der Waals surface area contributed by atoms with Crippen LogP contribution in [0.3, 0.4) is 0 Å². The molecule has 1 aromatic carbocycles. The van der Waals surface area contributed by atoms with Crippen LogP contribution in [0.1, 0.15) is 25.8 Å². The van der Waals surface area contributed by atoms with E-state index in [1.807, 2.05) is 13.8 Å². The van der Waals surface area contributed by atoms with Gasteiger partial charge in [-0.1, -0.05) is 35.8 Å². The number of carboxylic acids is 1. The summed E-state index contributed by atoms with van der Waals surface area (Å²) in [7, 11) is 0. The molecule has 1 heterocycles. The summed E-state index contributed by atoms with van der Waals surface area (Å²) in [5.74, 6) is -0.890. The fourth-order valence-electron chi connectivity index (χ4n) is 2.83. The Morgan fingerprint density at radius 2 is 2.25 bits per heavy atom. The molecule has 1 saturated heterocycles. The first kappa shape index (κ1) is 15.4. The molecule has 0 aromatic heterocycles. The number of aliphatic carboxylic acids is 1. The van der Waals surface area contributed by atoms with Crippen LogP contribution >= 0.6 is 15.9 Å². The summed E-state index contributed by atoms with van der Waals surface area (Å²) in [5, 5.41) is 9.52. The number of benzene rings is 1. The normalized spacial score (nSPS) is 23.4. The van der Waals surface area contributed by atoms with Crippen molar-refractivity contribution < 1.29 is 14.3 Å². The van der Waals surface area contributed by atoms with E-state index in [4.69, 9.17) is 0 Å². The second-order valence-corrected chi connectivity index (χ2v) is 6.67. The van der Waals surface area contributed by atoms with Gasteiger partial charge in [0.05, 0.1) is 5.41 Å². The smallest absolute Gasteiger partial charge is 0.311 e. The van der Waals surface area contributed by atoms with E-state index in [-0.39, 0.29) is 11.7 Å². The lowest BCUT2D eigenvalue weighted by atomic mass is 9.76. The first-order valence-corrected chi connectivity index (χ1v) is 7.54. The van der Waals surface area contributed by atoms with Crippen LogP contribution in [0.25, 0.3) is 0 Å². The van der Waals surface area contributed by atoms with Crippen LogP contribution in [-0.4, -0.2) is 29.1 Å². The molecule has 0 bridgehead atoms. The molecule has 110 valence electrons. The Balaban J connectivity index is 2.11. The number of likely N-dealkylation sites (tertiary alicyclic amines) is 1. The molecule has 0 radical (unpaired) electrons. The van der Waals surface area contributed by atoms with Crippen molar-refractivity contribution in [1.29, 1.82) is 0 Å². The minimum absolute atomic E-state index is 0.0988. The Hall–Kier alpha value is -0.940. The molecule has 1 aromatic rings. The lowest BCUT2D eigenvalue weighted by Crippen LogP contribution is -2.39. The minimum atomic E-state index is -0.715. The second kappa shape index (κ2) is 5.82. The highest BCUT2D eigenvalue weighted by molar-refractivity contribution is 9.10. The van der Waals surface area contributed by atoms with Crippen molar-refractivity contribution in [3.63, 3.8) is 0 Å². The summed E-state index contributed by atoms with van der Waals surface area (Å²) >= 11 is 3.36. The SMILES string of the molecule is CC(C)C1(C(=O)O)CCN(Cc2ccc(F)cc2Br)C1. The van der Waals surface area contributed by atoms with Crippen LogP contribution in [0.15, 0.2) is 22.7 Å². The standard InChI is InChI=1S/C15H19BrFNO2/c1-10(2)15(14(19)20)5-6-18(9-15)8-11-3-4-12(17)7-13(11)16/h3-4,7,10H,5-6,8-9H2,1-2H3,(H,19,20). The summed E-state index contributed by atoms with van der Waals surface area (Å²) in [4.78, 5) is 13.7. The third-order valence-corrected chi connectivity index (χ3v) is 5.06. The van der Waals surface area contributed by atoms with Gasteiger partial charge in [-0.2, -0.15) is 0 Å². The summed E-state index contributed by atoms with van der Waals surface area (Å²) < 4.78 is 13.8. The monoisotopic (exact) mass is 343 g/mol. The van der Waals surface area contributed by atoms with Crippen LogP contribution in [-0.2, 0) is 11.3 Å². The van der Waals surface area contributed by atoms with Crippen LogP contribution in [0.5, 0.6) is 0 Å². The second-order valence-electron chi connectivity index (χ2n) is 5.81. The predicted molar refractivity (Wildman–Crippen MR) is 78.9 cm³/mol. The molecule has 1 atom stereocenters. The lowest BCUT2D eigenvalue weighted by molar-refractivity contribution is -0.151. The predicted octanol–water partition coefficient (Wildman–Crippen LogP) is 3.52. The van der Waals surface area contributed by atoms with Crippen molar-refractivity contribution in [3.8, 4) is 0 Å². The Labute approximate surface area is 126 Å². The number of hydrogen-bond donors (Lipinski definition) is 1. The molecule has 1 N–H and O–H groups in total. The van der Waals surface area contributed by atoms with Crippen molar-refractivity contribution in [2.24, 2.45) is 11.3 Å². The van der Waals surface area contributed by atoms with Gasteiger partial charge in [-0.05, 0) is 36.6 Å². The maximum absolute atomic E-state index is 13.1. The first-order valence-electron chi connectivity index (χ1n) is 6.75. The van der Waals surface area contributed by atoms with Crippen molar-refractivity contribution in [3.05, 3.63) is 34.1 Å². The summed E-state index contributed by atoms with van der Waals surface area (Å²) in [6.45, 7) is 5.87. The maximum atomic E-state index is 13.1. The van der Waals surface area contributed by atoms with E-state index in [0.717, 1.165) is 16.6 Å². The molecule has 20 heavy (non-hydrogen) atoms. The van der Waals surface area contributed by atoms with Gasteiger partial charge in [0.1, 0.15) is 5.82 Å². The van der Waals surface area contributed by atoms with Crippen LogP contribution in [0, 0.1) is 17.2 Å². The van der Waals surface area contributed by atoms with E-state index < -0.39 is 11.4 Å². The fraction of sp³-hybridized carbons (Fsp3) is 0.533. The third kappa shape index (κ3) is 2.88. The Bertz CT molecular complexity index is 521. The molecule has 1 fully saturated rings. The zero-order chi connectivity index (χ0) is 14.9. The van der Waals surface area contributed by atoms with Gasteiger partial charge < -0.3 is 5.11 Å². The third-order valence-electron chi connectivity index (χ3n) is 4.32. The Morgan fingerprint density at radius 1 is 1.55 bits per heavy atom. The number of nitrogens with zero attached hydrogens (tertiary/aromatic N) is 1. The van der Waals surface area contributed by atoms with Crippen molar-refractivity contribution in [2.45, 2.75) is 26.8 Å². The number of halogens is 2. The van der Waals surface area contributed by atoms with Gasteiger partial charge in [0.2, 0.25) is 0 Å². The highest BCUT2D eigenvalue weighted by Crippen LogP contribution is 2.39. The minimum Gasteiger partial charge on any atom is -0.481 e. The summed E-state index contributed by atoms with van der Waals surface area (Å²) in [6.07, 6.45) is 0.665. The van der Waals surface area contributed by atoms with Gasteiger partial charge in [0.15, 0.2) is 0 Å². The summed E-state index contributed by atoms with van der Waals surface area (Å²) in [6, 6.07) is 4.62. The highest BCUT2D eigenvalue weighted by Gasteiger charge is 2.47. The number of rotatable bonds is 4. The van der Waals surface area contributed by atoms with Crippen LogP contribution in [0.4, 0.5) is 4.39 Å². The molecule has 1 aliphatic rings. The molecular weight excluding hydrogens is 325 g/mol. The average molecular weight is 344 g/mol. The highest BCUT2D eigenvalue weighted by atomic mass is 79.9. The zero-order valence-corrected chi connectivity index (χ0v) is 13.3. The zero-order valence-electron chi connectivity index (χ0n) is 11.7. The fourth-order valence-corrected chi connectivity index (χ4v) is 3.31. The topological polar surface area (TPSA) is 40.5 Å². The molecule has 1 aliphatic heterocycles. The van der Waals surface area contributed by atoms with Crippen molar-refractivity contribution in [1.82, 2.24) is 4.90 Å². The van der Waals surface area contributed by atoms with Gasteiger partial charge in [0, 0.05) is 17.6 Å². The molecule has 1 unspecified atom stereocenters. The van der Waals surface area contributed by atoms with E-state index in [1.54, 1.807) is 6.07 Å². The molecule has 0 spiro atoms. The van der Waals surface area contributed by atoms with Gasteiger partial charge in [-0.15, -0.1) is 0 Å². The first-order chi connectivity index (χ1) is 9.35. The quantitative estimate of drug-likeness (QED) is 0.909. The van der Waals surface area contributed by atoms with Gasteiger partial charge >= 0.3 is 5.97 Å². The van der Waals surface area contributed by atoms with Crippen LogP contribution in [0.2, 0.25) is 0 Å². The van der Waals surface area contributed by atoms with Gasteiger partial charge in [0.25, 0.3) is 0 Å². The van der Waals surface area contributed by atoms with Crippen molar-refractivity contribution in [2.75, 3.05) is 13.1 Å². The average Bonchev–Trinajstić information content (AvgIpc) is 2.78. The molecule has 2 rings (SSSR count). The van der Waals surface area contributed by atoms with E-state index in [9.17, 15) is 14.3 Å². The Kier molecular flexibility index (Phi) is 4.49. The van der Waals surface area contributed by atoms with E-state index in [2.05, 4.69) is 20.8 Å². The number of hydrogen-bond acceptors (Lipinski definition) is 2. The molecular formula is C15H19BrFNO2. The van der Waals surface area contributed by atoms with E-state index >= 15 is 0 Å². The molecule has 0 aliphatic carbocycles. The summed E-state index contributed by atoms with van der Waals surface area (Å²) in [5.41, 5.74) is 0.323. The van der Waals surface area contributed by atoms with E-state index in [1.165, 1.54) is 12.1 Å². The molecule has 5 heteroatoms. The maximum Gasteiger partial charge on any atom is 0.311 e. The van der Waals surface area contributed by atoms with Gasteiger partial charge in [-0.3, -0.25) is 9.69 Å². The van der Waals surface area contributed by atoms with E-state index in [0.29, 0.717) is 19.5 Å². The number of carboxylic acid groups (broad SMARTS) is 1. The molecule has 0 amide bonds. The van der Waals surface area contributed by atoms with Crippen molar-refractivity contribution >= 4 is 21.9 Å². The Morgan fingerprint density at radius 3 is 2.75 bits per heavy atom. The van der Waals surface area contributed by atoms with Crippen LogP contribution < -0.4 is 0 Å². The lowest BCUT2D eigenvalue weighted by Gasteiger charge is -2.29. The molecule has 3 nitrogen and oxygen atoms in total. The number of carbonyl (C=O) groups is 1. The van der Waals surface area contributed by atoms with Gasteiger partial charge in [-0.25, -0.2) is 4.39 Å².